The molecule has 2 aliphatic heterocycles. The summed E-state index contributed by atoms with van der Waals surface area (Å²) in [6, 6.07) is 16.7. The van der Waals surface area contributed by atoms with E-state index in [1.165, 1.54) is 15.9 Å². The Kier molecular flexibility index (Phi) is 13.7. The number of nitrogens with two attached hydrogens (primary N) is 1. The van der Waals surface area contributed by atoms with E-state index in [1.807, 2.05) is 36.2 Å². The van der Waals surface area contributed by atoms with Gasteiger partial charge in [-0.1, -0.05) is 29.8 Å². The van der Waals surface area contributed by atoms with Gasteiger partial charge in [0.25, 0.3) is 5.91 Å². The van der Waals surface area contributed by atoms with Crippen LogP contribution >= 0.6 is 11.6 Å². The van der Waals surface area contributed by atoms with E-state index in [-0.39, 0.29) is 55.8 Å². The van der Waals surface area contributed by atoms with Gasteiger partial charge in [0.15, 0.2) is 6.10 Å². The minimum absolute atomic E-state index is 0.0261. The summed E-state index contributed by atoms with van der Waals surface area (Å²) in [7, 11) is 1.84. The van der Waals surface area contributed by atoms with E-state index >= 15 is 0 Å². The number of rotatable bonds is 13. The number of hydrogen-bond donors (Lipinski definition) is 2. The molecule has 55 heavy (non-hydrogen) atoms. The Balaban J connectivity index is 1.25. The Hall–Kier alpha value is -5.18. The van der Waals surface area contributed by atoms with Crippen molar-refractivity contribution >= 4 is 53.0 Å². The minimum Gasteiger partial charge on any atom is -0.462 e. The van der Waals surface area contributed by atoms with Crippen LogP contribution < -0.4 is 16.0 Å². The van der Waals surface area contributed by atoms with Crippen molar-refractivity contribution < 1.29 is 41.8 Å². The van der Waals surface area contributed by atoms with Crippen LogP contribution in [0.25, 0.3) is 0 Å². The number of amides is 3. The lowest BCUT2D eigenvalue weighted by molar-refractivity contribution is -0.141. The summed E-state index contributed by atoms with van der Waals surface area (Å²) in [6.07, 6.45) is -5.00. The molecule has 0 bridgehead atoms. The number of para-hydroxylation sites is 1. The third kappa shape index (κ3) is 10.3. The van der Waals surface area contributed by atoms with Crippen molar-refractivity contribution in [1.29, 1.82) is 0 Å². The molecule has 0 spiro atoms. The summed E-state index contributed by atoms with van der Waals surface area (Å²) in [5, 5.41) is 2.82. The highest BCUT2D eigenvalue weighted by Crippen LogP contribution is 2.38. The van der Waals surface area contributed by atoms with E-state index in [1.54, 1.807) is 36.1 Å². The summed E-state index contributed by atoms with van der Waals surface area (Å²) in [4.78, 5) is 58.5. The van der Waals surface area contributed by atoms with Crippen LogP contribution in [0, 0.1) is 0 Å². The predicted molar refractivity (Wildman–Crippen MR) is 203 cm³/mol. The molecule has 0 unspecified atom stereocenters. The first-order valence-corrected chi connectivity index (χ1v) is 18.6. The maximum atomic E-state index is 14.0. The van der Waals surface area contributed by atoms with Crippen LogP contribution in [0.4, 0.5) is 35.0 Å². The van der Waals surface area contributed by atoms with Gasteiger partial charge in [-0.15, -0.1) is 0 Å². The topological polar surface area (TPSA) is 138 Å². The number of piperidine rings is 1. The average Bonchev–Trinajstić information content (AvgIpc) is 3.19. The van der Waals surface area contributed by atoms with Gasteiger partial charge in [0, 0.05) is 76.7 Å². The molecular weight excluding hydrogens is 741 g/mol. The molecule has 0 radical (unpaired) electrons. The molecule has 0 aromatic heterocycles. The second kappa shape index (κ2) is 18.4. The number of hydrogen-bond acceptors (Lipinski definition) is 9. The van der Waals surface area contributed by atoms with Crippen molar-refractivity contribution in [1.82, 2.24) is 14.7 Å². The molecule has 3 N–H and O–H groups in total. The molecule has 2 aliphatic rings. The number of carbonyl (C=O) groups excluding carboxylic acids is 4. The van der Waals surface area contributed by atoms with Crippen LogP contribution in [-0.2, 0) is 38.1 Å². The molecule has 2 saturated heterocycles. The van der Waals surface area contributed by atoms with Gasteiger partial charge in [-0.2, -0.15) is 13.2 Å². The van der Waals surface area contributed by atoms with Crippen molar-refractivity contribution in [3.8, 4) is 0 Å². The number of alkyl halides is 3. The summed E-state index contributed by atoms with van der Waals surface area (Å²) >= 11 is 6.11. The smallest absolute Gasteiger partial charge is 0.418 e. The molecule has 1 atom stereocenters. The average molecular weight is 787 g/mol. The van der Waals surface area contributed by atoms with Crippen molar-refractivity contribution in [2.75, 3.05) is 75.4 Å². The monoisotopic (exact) mass is 786 g/mol. The second-order valence-electron chi connectivity index (χ2n) is 13.4. The van der Waals surface area contributed by atoms with Crippen LogP contribution in [0.15, 0.2) is 60.7 Å². The second-order valence-corrected chi connectivity index (χ2v) is 13.8. The fourth-order valence-corrected chi connectivity index (χ4v) is 7.20. The van der Waals surface area contributed by atoms with E-state index in [0.717, 1.165) is 29.4 Å². The number of nitrogen functional groups attached to an aromatic ring is 1. The fraction of sp³-hybridized carbons (Fsp3) is 0.436. The van der Waals surface area contributed by atoms with E-state index in [9.17, 15) is 32.3 Å². The van der Waals surface area contributed by atoms with Gasteiger partial charge in [0.1, 0.15) is 0 Å². The number of likely N-dealkylation sites (tertiary alicyclic amines) is 1. The number of piperazine rings is 1. The normalized spacial score (nSPS) is 15.6. The molecule has 3 amide bonds. The third-order valence-electron chi connectivity index (χ3n) is 10.0. The van der Waals surface area contributed by atoms with Gasteiger partial charge in [-0.25, -0.2) is 9.59 Å². The van der Waals surface area contributed by atoms with Crippen LogP contribution in [0.5, 0.6) is 0 Å². The quantitative estimate of drug-likeness (QED) is 0.127. The van der Waals surface area contributed by atoms with Crippen LogP contribution in [0.3, 0.4) is 0 Å². The molecule has 3 aromatic rings. The summed E-state index contributed by atoms with van der Waals surface area (Å²) < 4.78 is 52.4. The molecular formula is C39H46ClF3N6O6. The Morgan fingerprint density at radius 1 is 1.00 bits per heavy atom. The number of halogens is 4. The number of ether oxygens (including phenoxy) is 2. The highest BCUT2D eigenvalue weighted by molar-refractivity contribution is 6.33. The largest absolute Gasteiger partial charge is 0.462 e. The number of esters is 1. The number of nitrogens with one attached hydrogen (secondary N) is 1. The van der Waals surface area contributed by atoms with Gasteiger partial charge in [0.2, 0.25) is 6.41 Å². The highest BCUT2D eigenvalue weighted by Gasteiger charge is 2.37. The van der Waals surface area contributed by atoms with E-state index < -0.39 is 41.5 Å². The molecule has 2 heterocycles. The number of nitrogens with zero attached hydrogens (tertiary/aromatic N) is 4. The van der Waals surface area contributed by atoms with Crippen LogP contribution in [-0.4, -0.2) is 111 Å². The summed E-state index contributed by atoms with van der Waals surface area (Å²) in [6.45, 7) is 4.30. The molecule has 2 fully saturated rings. The van der Waals surface area contributed by atoms with E-state index in [2.05, 4.69) is 5.32 Å². The van der Waals surface area contributed by atoms with Crippen molar-refractivity contribution in [3.63, 3.8) is 0 Å². The summed E-state index contributed by atoms with van der Waals surface area (Å²) in [5.41, 5.74) is 7.19. The molecule has 5 rings (SSSR count). The van der Waals surface area contributed by atoms with Crippen LogP contribution in [0.1, 0.15) is 46.8 Å². The van der Waals surface area contributed by atoms with Gasteiger partial charge in [0.05, 0.1) is 28.4 Å². The SMILES string of the molecule is CCOC(=O)c1ccc(N2CCN(C(=O)[C@@H](Cc3cc(Cl)c(N)c(C(F)(F)F)c3)OC(=O)N3CCC(N(C=O)CCc4ccccc4NC)CC3)CC2)cc1. The lowest BCUT2D eigenvalue weighted by atomic mass is 10.0. The first kappa shape index (κ1) is 41.0. The third-order valence-corrected chi connectivity index (χ3v) is 10.3. The Labute approximate surface area is 323 Å². The first-order valence-electron chi connectivity index (χ1n) is 18.2. The minimum atomic E-state index is -4.80. The lowest BCUT2D eigenvalue weighted by Crippen LogP contribution is -2.53. The summed E-state index contributed by atoms with van der Waals surface area (Å²) in [5.74, 6) is -0.986. The number of carbonyl (C=O) groups is 4. The zero-order valence-electron chi connectivity index (χ0n) is 30.8. The first-order chi connectivity index (χ1) is 26.3. The Morgan fingerprint density at radius 3 is 2.29 bits per heavy atom. The molecule has 16 heteroatoms. The van der Waals surface area contributed by atoms with Gasteiger partial charge < -0.3 is 40.1 Å². The fourth-order valence-electron chi connectivity index (χ4n) is 6.96. The molecule has 12 nitrogen and oxygen atoms in total. The Morgan fingerprint density at radius 2 is 1.67 bits per heavy atom. The lowest BCUT2D eigenvalue weighted by Gasteiger charge is -2.38. The predicted octanol–water partition coefficient (Wildman–Crippen LogP) is 5.72. The highest BCUT2D eigenvalue weighted by atomic mass is 35.5. The standard InChI is InChI=1S/C39H46ClF3N6O6/c1-3-54-37(52)28-8-10-29(11-9-28)46-18-20-47(21-19-46)36(51)34(24-26-22-31(39(41,42)43)35(44)32(40)23-26)55-38(53)48-16-13-30(14-17-48)49(25-50)15-12-27-6-4-5-7-33(27)45-2/h4-11,22-23,25,30,34,45H,3,12-21,24,44H2,1-2H3/t34-/m1/s1. The molecule has 0 saturated carbocycles. The van der Waals surface area contributed by atoms with Crippen molar-refractivity contribution in [3.05, 3.63) is 87.9 Å². The van der Waals surface area contributed by atoms with Crippen LogP contribution in [0.2, 0.25) is 5.02 Å². The molecule has 296 valence electrons. The number of benzene rings is 3. The molecule has 0 aliphatic carbocycles. The van der Waals surface area contributed by atoms with Gasteiger partial charge in [-0.3, -0.25) is 9.59 Å². The van der Waals surface area contributed by atoms with E-state index in [0.29, 0.717) is 44.5 Å². The number of anilines is 3. The zero-order valence-corrected chi connectivity index (χ0v) is 31.6. The molecule has 3 aromatic carbocycles. The Bertz CT molecular complexity index is 1810. The van der Waals surface area contributed by atoms with Gasteiger partial charge >= 0.3 is 18.2 Å². The van der Waals surface area contributed by atoms with Gasteiger partial charge in [-0.05, 0) is 79.8 Å². The zero-order chi connectivity index (χ0) is 39.7. The van der Waals surface area contributed by atoms with E-state index in [4.69, 9.17) is 26.8 Å². The van der Waals surface area contributed by atoms with Crippen molar-refractivity contribution in [2.24, 2.45) is 0 Å². The maximum absolute atomic E-state index is 14.0. The maximum Gasteiger partial charge on any atom is 0.418 e. The van der Waals surface area contributed by atoms with Crippen molar-refractivity contribution in [2.45, 2.75) is 50.9 Å².